The van der Waals surface area contributed by atoms with E-state index < -0.39 is 208 Å². The number of benzene rings is 7. The molecule has 450 valence electrons. The van der Waals surface area contributed by atoms with E-state index in [0.717, 1.165) is 0 Å². The molecule has 7 aromatic carbocycles. The standard InChI is InChI=1S/C32H12BF24.C21H16Cl3O2S/c34-25(35,36)13-1-14(26(37,38)39)6-21(5-13)33(22-7-15(27(40,41)42)2-16(8-22)28(43,44)45,23-9-17(29(46,47)48)3-18(10-23)30(49,50)51)24-11-19(31(52,53)54)4-20(12-24)32(55,56)57;22-21(23,24)17-13-11-16(12-14-17)20(25)15-27(26,18-7-3-1-4-8-18)19-9-5-2-6-10-19/h1-12H;1-14H,15H2/q-1;+1. The van der Waals surface area contributed by atoms with Crippen molar-refractivity contribution in [3.63, 3.8) is 0 Å². The fourth-order valence-corrected chi connectivity index (χ4v) is 11.5. The highest BCUT2D eigenvalue weighted by molar-refractivity contribution is 8.03. The van der Waals surface area contributed by atoms with Gasteiger partial charge in [0.05, 0.1) is 44.5 Å². The Morgan fingerprint density at radius 1 is 0.321 bits per heavy atom. The van der Waals surface area contributed by atoms with Crippen LogP contribution in [0.4, 0.5) is 105 Å². The summed E-state index contributed by atoms with van der Waals surface area (Å²) in [5.41, 5.74) is -29.3. The van der Waals surface area contributed by atoms with E-state index in [9.17, 15) is 114 Å². The van der Waals surface area contributed by atoms with Crippen molar-refractivity contribution in [3.8, 4) is 0 Å². The molecule has 0 atom stereocenters. The average Bonchev–Trinajstić information content (AvgIpc) is 0.740. The topological polar surface area (TPSA) is 34.1 Å². The van der Waals surface area contributed by atoms with Crippen LogP contribution in [-0.4, -0.2) is 17.7 Å². The van der Waals surface area contributed by atoms with Gasteiger partial charge in [-0.05, 0) is 48.5 Å². The minimum Gasteiger partial charge on any atom is -0.289 e. The lowest BCUT2D eigenvalue weighted by Crippen LogP contribution is -2.75. The largest absolute Gasteiger partial charge is 0.416 e. The highest BCUT2D eigenvalue weighted by Gasteiger charge is 2.48. The number of hydrogen-bond acceptors (Lipinski definition) is 2. The Kier molecular flexibility index (Phi) is 18.4. The van der Waals surface area contributed by atoms with E-state index >= 15 is 0 Å². The summed E-state index contributed by atoms with van der Waals surface area (Å²) in [5.74, 6) is -0.364. The second kappa shape index (κ2) is 23.1. The third-order valence-electron chi connectivity index (χ3n) is 12.6. The van der Waals surface area contributed by atoms with Crippen molar-refractivity contribution >= 4 is 78.5 Å². The van der Waals surface area contributed by atoms with E-state index in [1.165, 1.54) is 0 Å². The molecule has 0 bridgehead atoms. The number of hydrogen-bond donors (Lipinski definition) is 0. The number of Topliss-reactive ketones (excluding diaryl/α,β-unsaturated/α-hetero) is 1. The summed E-state index contributed by atoms with van der Waals surface area (Å²) in [6.07, 6.45) is -54.8. The molecule has 2 nitrogen and oxygen atoms in total. The molecule has 0 aliphatic carbocycles. The first kappa shape index (κ1) is 66.8. The Bertz CT molecular complexity index is 3080. The molecule has 0 aliphatic rings. The zero-order chi connectivity index (χ0) is 63.4. The second-order valence-electron chi connectivity index (χ2n) is 18.2. The minimum atomic E-state index is -6.13. The quantitative estimate of drug-likeness (QED) is 0.0475. The molecule has 0 spiro atoms. The van der Waals surface area contributed by atoms with Gasteiger partial charge < -0.3 is 0 Å². The smallest absolute Gasteiger partial charge is 0.289 e. The lowest BCUT2D eigenvalue weighted by Gasteiger charge is -2.46. The molecule has 0 heterocycles. The molecule has 84 heavy (non-hydrogen) atoms. The summed E-state index contributed by atoms with van der Waals surface area (Å²) >= 11 is 17.6. The van der Waals surface area contributed by atoms with Crippen LogP contribution in [0.15, 0.2) is 168 Å². The van der Waals surface area contributed by atoms with Gasteiger partial charge in [0.25, 0.3) is 0 Å². The minimum absolute atomic E-state index is 0.131. The van der Waals surface area contributed by atoms with Gasteiger partial charge in [0.15, 0.2) is 25.5 Å². The van der Waals surface area contributed by atoms with Crippen LogP contribution in [0.25, 0.3) is 0 Å². The maximum Gasteiger partial charge on any atom is 0.416 e. The predicted octanol–water partition coefficient (Wildman–Crippen LogP) is 17.5. The summed E-state index contributed by atoms with van der Waals surface area (Å²) in [4.78, 5) is 14.1. The van der Waals surface area contributed by atoms with Crippen molar-refractivity contribution in [2.75, 3.05) is 5.75 Å². The molecular formula is C53H28BCl3F24O2S. The molecule has 0 saturated heterocycles. The molecule has 31 heteroatoms. The molecule has 7 rings (SSSR count). The molecule has 0 amide bonds. The van der Waals surface area contributed by atoms with Crippen LogP contribution in [0.1, 0.15) is 60.4 Å². The predicted molar refractivity (Wildman–Crippen MR) is 262 cm³/mol. The van der Waals surface area contributed by atoms with Crippen LogP contribution < -0.4 is 21.9 Å². The average molecular weight is 1300 g/mol. The van der Waals surface area contributed by atoms with Gasteiger partial charge in [0.2, 0.25) is 9.58 Å². The highest BCUT2D eigenvalue weighted by Crippen LogP contribution is 2.43. The maximum absolute atomic E-state index is 14.2. The zero-order valence-corrected chi connectivity index (χ0v) is 43.8. The summed E-state index contributed by atoms with van der Waals surface area (Å²) in [6, 6.07) is 15.7. The summed E-state index contributed by atoms with van der Waals surface area (Å²) in [7, 11) is -2.76. The summed E-state index contributed by atoms with van der Waals surface area (Å²) < 4.78 is 353. The van der Waals surface area contributed by atoms with Crippen LogP contribution in [0.3, 0.4) is 0 Å². The van der Waals surface area contributed by atoms with Crippen LogP contribution in [0, 0.1) is 0 Å². The normalized spacial score (nSPS) is 13.6. The Balaban J connectivity index is 0.000000347. The number of ketones is 1. The Hall–Kier alpha value is -6.39. The van der Waals surface area contributed by atoms with E-state index in [-0.39, 0.29) is 11.5 Å². The highest BCUT2D eigenvalue weighted by atomic mass is 35.6. The number of rotatable bonds is 9. The molecule has 0 fully saturated rings. The summed E-state index contributed by atoms with van der Waals surface area (Å²) in [6.45, 7) is 0. The van der Waals surface area contributed by atoms with Crippen LogP contribution >= 0.6 is 34.8 Å². The number of alkyl halides is 27. The SMILES string of the molecule is FC(F)(F)c1cc([B-](c2cc(C(F)(F)F)cc(C(F)(F)F)c2)(c2cc(C(F)(F)F)cc(C(F)(F)F)c2)c2cc(C(F)(F)F)cc(C(F)(F)F)c2)cc(C(F)(F)F)c1.O=C(C[S+](=O)(c1ccccc1)c1ccccc1)c1ccc(C(Cl)(Cl)Cl)cc1. The van der Waals surface area contributed by atoms with Crippen LogP contribution in [0.2, 0.25) is 0 Å². The molecule has 7 aromatic rings. The molecule has 0 saturated carbocycles. The van der Waals surface area contributed by atoms with E-state index in [0.29, 0.717) is 20.9 Å². The van der Waals surface area contributed by atoms with Crippen LogP contribution in [-0.2, 0) is 67.3 Å². The van der Waals surface area contributed by atoms with E-state index in [2.05, 4.69) is 0 Å². The van der Waals surface area contributed by atoms with Crippen molar-refractivity contribution in [2.24, 2.45) is 0 Å². The maximum atomic E-state index is 14.2. The van der Waals surface area contributed by atoms with Crippen molar-refractivity contribution in [1.82, 2.24) is 0 Å². The lowest BCUT2D eigenvalue weighted by molar-refractivity contribution is -0.144. The molecule has 0 radical (unpaired) electrons. The zero-order valence-electron chi connectivity index (χ0n) is 40.7. The third-order valence-corrected chi connectivity index (χ3v) is 15.9. The Labute approximate surface area is 473 Å². The lowest BCUT2D eigenvalue weighted by atomic mass is 9.12. The molecule has 0 aliphatic heterocycles. The number of carbonyl (C=O) groups excluding carboxylic acids is 1. The summed E-state index contributed by atoms with van der Waals surface area (Å²) in [5, 5.41) is 0. The Morgan fingerprint density at radius 2 is 0.536 bits per heavy atom. The first-order valence-corrected chi connectivity index (χ1v) is 25.6. The number of halogens is 27. The third kappa shape index (κ3) is 15.2. The van der Waals surface area contributed by atoms with Gasteiger partial charge in [-0.1, -0.05) is 148 Å². The van der Waals surface area contributed by atoms with Gasteiger partial charge >= 0.3 is 49.4 Å². The molecule has 0 unspecified atom stereocenters. The van der Waals surface area contributed by atoms with Crippen molar-refractivity contribution < 1.29 is 114 Å². The molecule has 0 N–H and O–H groups in total. The first-order chi connectivity index (χ1) is 38.1. The fraction of sp³-hybridized carbons (Fsp3) is 0.189. The van der Waals surface area contributed by atoms with Gasteiger partial charge in [0, 0.05) is 11.1 Å². The van der Waals surface area contributed by atoms with Gasteiger partial charge in [-0.15, -0.1) is 0 Å². The molecule has 0 aromatic heterocycles. The van der Waals surface area contributed by atoms with E-state index in [1.54, 1.807) is 48.5 Å². The van der Waals surface area contributed by atoms with Gasteiger partial charge in [-0.2, -0.15) is 127 Å². The van der Waals surface area contributed by atoms with Crippen LogP contribution in [0.5, 0.6) is 0 Å². The van der Waals surface area contributed by atoms with Gasteiger partial charge in [-0.25, -0.2) is 0 Å². The van der Waals surface area contributed by atoms with Crippen molar-refractivity contribution in [3.05, 3.63) is 213 Å². The Morgan fingerprint density at radius 3 is 0.726 bits per heavy atom. The monoisotopic (exact) mass is 1300 g/mol. The first-order valence-electron chi connectivity index (χ1n) is 22.7. The molecular weight excluding hydrogens is 1270 g/mol. The van der Waals surface area contributed by atoms with Gasteiger partial charge in [0.1, 0.15) is 6.15 Å². The fourth-order valence-electron chi connectivity index (χ4n) is 8.77. The van der Waals surface area contributed by atoms with E-state index in [4.69, 9.17) is 34.8 Å². The van der Waals surface area contributed by atoms with Gasteiger partial charge in [-0.3, -0.25) is 4.79 Å². The van der Waals surface area contributed by atoms with E-state index in [1.807, 2.05) is 36.4 Å². The van der Waals surface area contributed by atoms with Crippen molar-refractivity contribution in [2.45, 2.75) is 63.0 Å². The van der Waals surface area contributed by atoms with Crippen molar-refractivity contribution in [1.29, 1.82) is 0 Å². The second-order valence-corrected chi connectivity index (χ2v) is 23.0. The number of carbonyl (C=O) groups is 1.